The molecule has 1 rings (SSSR count). The Morgan fingerprint density at radius 3 is 2.21 bits per heavy atom. The maximum atomic E-state index is 12.9. The number of hydrogen-bond acceptors (Lipinski definition) is 1. The van der Waals surface area contributed by atoms with Crippen molar-refractivity contribution in [2.24, 2.45) is 0 Å². The summed E-state index contributed by atoms with van der Waals surface area (Å²) in [6.07, 6.45) is 0. The molecule has 0 bridgehead atoms. The maximum absolute atomic E-state index is 12.9. The average Bonchev–Trinajstić information content (AvgIpc) is 2.19. The standard InChI is InChI=1S/C8H8ClFO.CH2Cl2/c1-11-8-3-2-6(5-9)4-7(8)10;2-1-3/h2-4H,5H2,1H3;1H2. The smallest absolute Gasteiger partial charge is 0.165 e. The van der Waals surface area contributed by atoms with Gasteiger partial charge < -0.3 is 4.74 Å². The molecule has 1 nitrogen and oxygen atoms in total. The van der Waals surface area contributed by atoms with E-state index < -0.39 is 0 Å². The van der Waals surface area contributed by atoms with Crippen molar-refractivity contribution in [3.05, 3.63) is 29.6 Å². The van der Waals surface area contributed by atoms with Crippen molar-refractivity contribution in [1.29, 1.82) is 0 Å². The number of ether oxygens (including phenoxy) is 1. The van der Waals surface area contributed by atoms with Gasteiger partial charge in [0.2, 0.25) is 0 Å². The van der Waals surface area contributed by atoms with Gasteiger partial charge in [-0.2, -0.15) is 0 Å². The van der Waals surface area contributed by atoms with Gasteiger partial charge in [0.05, 0.1) is 12.4 Å². The second-order valence-corrected chi connectivity index (χ2v) is 3.28. The summed E-state index contributed by atoms with van der Waals surface area (Å²) in [7, 11) is 1.43. The van der Waals surface area contributed by atoms with Crippen molar-refractivity contribution in [3.8, 4) is 5.75 Å². The Bertz CT molecular complexity index is 268. The zero-order valence-corrected chi connectivity index (χ0v) is 9.83. The first-order valence-corrected chi connectivity index (χ1v) is 5.30. The topological polar surface area (TPSA) is 9.23 Å². The number of hydrogen-bond donors (Lipinski definition) is 0. The lowest BCUT2D eigenvalue weighted by atomic mass is 10.2. The fourth-order valence-electron chi connectivity index (χ4n) is 0.793. The van der Waals surface area contributed by atoms with Crippen LogP contribution in [-0.4, -0.2) is 12.4 Å². The van der Waals surface area contributed by atoms with Crippen LogP contribution in [0.15, 0.2) is 18.2 Å². The summed E-state index contributed by atoms with van der Waals surface area (Å²) in [5.74, 6) is 0.200. The van der Waals surface area contributed by atoms with Crippen molar-refractivity contribution >= 4 is 34.8 Å². The molecule has 0 radical (unpaired) electrons. The Morgan fingerprint density at radius 1 is 1.29 bits per heavy atom. The van der Waals surface area contributed by atoms with E-state index >= 15 is 0 Å². The summed E-state index contributed by atoms with van der Waals surface area (Å²) >= 11 is 15.0. The molecule has 0 saturated heterocycles. The van der Waals surface area contributed by atoms with Crippen LogP contribution in [0.1, 0.15) is 5.56 Å². The van der Waals surface area contributed by atoms with E-state index in [0.29, 0.717) is 5.88 Å². The van der Waals surface area contributed by atoms with Gasteiger partial charge >= 0.3 is 0 Å². The molecule has 5 heteroatoms. The van der Waals surface area contributed by atoms with E-state index in [1.54, 1.807) is 12.1 Å². The van der Waals surface area contributed by atoms with E-state index in [9.17, 15) is 4.39 Å². The fourth-order valence-corrected chi connectivity index (χ4v) is 0.959. The number of halogens is 4. The van der Waals surface area contributed by atoms with E-state index in [4.69, 9.17) is 39.5 Å². The molecule has 0 fully saturated rings. The summed E-state index contributed by atoms with van der Waals surface area (Å²) in [5, 5.41) is 0.194. The van der Waals surface area contributed by atoms with Gasteiger partial charge in [-0.3, -0.25) is 0 Å². The molecule has 0 amide bonds. The monoisotopic (exact) mass is 258 g/mol. The first-order valence-electron chi connectivity index (χ1n) is 3.69. The van der Waals surface area contributed by atoms with Crippen LogP contribution in [0.3, 0.4) is 0 Å². The second kappa shape index (κ2) is 8.16. The molecule has 80 valence electrons. The highest BCUT2D eigenvalue weighted by atomic mass is 35.5. The molecule has 0 N–H and O–H groups in total. The van der Waals surface area contributed by atoms with Crippen molar-refractivity contribution < 1.29 is 9.13 Å². The minimum absolute atomic E-state index is 0.194. The molecule has 0 spiro atoms. The van der Waals surface area contributed by atoms with E-state index in [0.717, 1.165) is 5.56 Å². The lowest BCUT2D eigenvalue weighted by molar-refractivity contribution is 0.386. The third-order valence-electron chi connectivity index (χ3n) is 1.37. The first kappa shape index (κ1) is 13.8. The van der Waals surface area contributed by atoms with Gasteiger partial charge in [-0.25, -0.2) is 4.39 Å². The molecule has 0 unspecified atom stereocenters. The van der Waals surface area contributed by atoms with Crippen molar-refractivity contribution in [2.75, 3.05) is 12.4 Å². The molecular weight excluding hydrogens is 249 g/mol. The summed E-state index contributed by atoms with van der Waals surface area (Å²) in [6.45, 7) is 0. The van der Waals surface area contributed by atoms with Gasteiger partial charge in [0.25, 0.3) is 0 Å². The van der Waals surface area contributed by atoms with Gasteiger partial charge in [0.15, 0.2) is 11.6 Å². The van der Waals surface area contributed by atoms with Crippen LogP contribution in [0.5, 0.6) is 5.75 Å². The predicted molar refractivity (Wildman–Crippen MR) is 59.1 cm³/mol. The molecule has 0 saturated carbocycles. The largest absolute Gasteiger partial charge is 0.494 e. The first-order chi connectivity index (χ1) is 6.69. The molecule has 0 aliphatic heterocycles. The van der Waals surface area contributed by atoms with Crippen LogP contribution in [0.4, 0.5) is 4.39 Å². The molecule has 0 aliphatic rings. The maximum Gasteiger partial charge on any atom is 0.165 e. The lowest BCUT2D eigenvalue weighted by Gasteiger charge is -2.01. The quantitative estimate of drug-likeness (QED) is 0.730. The van der Waals surface area contributed by atoms with Crippen molar-refractivity contribution in [2.45, 2.75) is 5.88 Å². The van der Waals surface area contributed by atoms with E-state index in [-0.39, 0.29) is 16.9 Å². The minimum atomic E-state index is -0.370. The van der Waals surface area contributed by atoms with Gasteiger partial charge in [0.1, 0.15) is 0 Å². The Morgan fingerprint density at radius 2 is 1.86 bits per heavy atom. The zero-order valence-electron chi connectivity index (χ0n) is 7.57. The lowest BCUT2D eigenvalue weighted by Crippen LogP contribution is -1.88. The highest BCUT2D eigenvalue weighted by Gasteiger charge is 2.01. The van der Waals surface area contributed by atoms with Gasteiger partial charge in [-0.05, 0) is 17.7 Å². The number of rotatable bonds is 2. The molecular formula is C9H10Cl3FO. The average molecular weight is 260 g/mol. The van der Waals surface area contributed by atoms with Gasteiger partial charge in [0, 0.05) is 5.88 Å². The van der Waals surface area contributed by atoms with Crippen LogP contribution >= 0.6 is 34.8 Å². The van der Waals surface area contributed by atoms with Gasteiger partial charge in [-0.1, -0.05) is 6.07 Å². The summed E-state index contributed by atoms with van der Waals surface area (Å²) < 4.78 is 17.6. The molecule has 0 atom stereocenters. The fraction of sp³-hybridized carbons (Fsp3) is 0.333. The molecule has 0 aromatic heterocycles. The number of methoxy groups -OCH3 is 1. The SMILES string of the molecule is COc1ccc(CCl)cc1F.ClCCl. The third-order valence-corrected chi connectivity index (χ3v) is 1.68. The molecule has 0 heterocycles. The van der Waals surface area contributed by atoms with Crippen molar-refractivity contribution in [1.82, 2.24) is 0 Å². The van der Waals surface area contributed by atoms with Gasteiger partial charge in [-0.15, -0.1) is 34.8 Å². The van der Waals surface area contributed by atoms with Crippen LogP contribution in [0.2, 0.25) is 0 Å². The number of alkyl halides is 3. The second-order valence-electron chi connectivity index (χ2n) is 2.20. The Hall–Kier alpha value is -0.180. The Kier molecular flexibility index (Phi) is 8.05. The van der Waals surface area contributed by atoms with Crippen LogP contribution in [0, 0.1) is 5.82 Å². The normalized spacial score (nSPS) is 8.93. The summed E-state index contributed by atoms with van der Waals surface area (Å²) in [4.78, 5) is 0. The van der Waals surface area contributed by atoms with Crippen LogP contribution in [0.25, 0.3) is 0 Å². The zero-order chi connectivity index (χ0) is 11.0. The molecule has 14 heavy (non-hydrogen) atoms. The Balaban J connectivity index is 0.000000500. The minimum Gasteiger partial charge on any atom is -0.494 e. The van der Waals surface area contributed by atoms with E-state index in [1.165, 1.54) is 13.2 Å². The highest BCUT2D eigenvalue weighted by Crippen LogP contribution is 2.18. The van der Waals surface area contributed by atoms with Crippen molar-refractivity contribution in [3.63, 3.8) is 0 Å². The van der Waals surface area contributed by atoms with E-state index in [1.807, 2.05) is 0 Å². The van der Waals surface area contributed by atoms with Crippen LogP contribution in [-0.2, 0) is 5.88 Å². The summed E-state index contributed by atoms with van der Waals surface area (Å²) in [6, 6.07) is 4.66. The predicted octanol–water partition coefficient (Wildman–Crippen LogP) is 3.99. The highest BCUT2D eigenvalue weighted by molar-refractivity contribution is 6.40. The Labute approximate surface area is 97.7 Å². The van der Waals surface area contributed by atoms with Crippen LogP contribution < -0.4 is 4.74 Å². The third kappa shape index (κ3) is 4.89. The molecule has 1 aromatic rings. The summed E-state index contributed by atoms with van der Waals surface area (Å²) in [5.41, 5.74) is 0.755. The van der Waals surface area contributed by atoms with E-state index in [2.05, 4.69) is 0 Å². The molecule has 1 aromatic carbocycles. The number of benzene rings is 1. The molecule has 0 aliphatic carbocycles.